The Kier molecular flexibility index (Phi) is 3.11. The van der Waals surface area contributed by atoms with Crippen molar-refractivity contribution in [2.75, 3.05) is 0 Å². The Morgan fingerprint density at radius 1 is 0.900 bits per heavy atom. The molecule has 0 bridgehead atoms. The second kappa shape index (κ2) is 5.07. The third-order valence-corrected chi connectivity index (χ3v) is 3.55. The van der Waals surface area contributed by atoms with Crippen LogP contribution in [0.3, 0.4) is 0 Å². The van der Waals surface area contributed by atoms with Crippen LogP contribution in [0.2, 0.25) is 0 Å². The van der Waals surface area contributed by atoms with Crippen molar-refractivity contribution in [1.29, 1.82) is 10.5 Å². The Hall–Kier alpha value is -2.78. The minimum atomic E-state index is 0.104. The van der Waals surface area contributed by atoms with Crippen LogP contribution in [0.15, 0.2) is 42.5 Å². The third-order valence-electron chi connectivity index (χ3n) is 3.55. The summed E-state index contributed by atoms with van der Waals surface area (Å²) >= 11 is 0. The van der Waals surface area contributed by atoms with Crippen LogP contribution < -0.4 is 4.74 Å². The van der Waals surface area contributed by atoms with E-state index < -0.39 is 0 Å². The molecule has 2 aromatic carbocycles. The quantitative estimate of drug-likeness (QED) is 0.834. The molecule has 1 aliphatic rings. The molecule has 3 rings (SSSR count). The topological polar surface area (TPSA) is 56.8 Å². The fourth-order valence-electron chi connectivity index (χ4n) is 2.58. The van der Waals surface area contributed by atoms with Gasteiger partial charge < -0.3 is 4.74 Å². The first-order valence-corrected chi connectivity index (χ1v) is 6.48. The molecule has 0 amide bonds. The van der Waals surface area contributed by atoms with Gasteiger partial charge in [-0.1, -0.05) is 24.3 Å². The first-order valence-electron chi connectivity index (χ1n) is 6.48. The molecule has 0 atom stereocenters. The van der Waals surface area contributed by atoms with Crippen LogP contribution in [0.5, 0.6) is 5.75 Å². The van der Waals surface area contributed by atoms with E-state index in [9.17, 15) is 0 Å². The zero-order valence-corrected chi connectivity index (χ0v) is 10.8. The van der Waals surface area contributed by atoms with Gasteiger partial charge in [-0.2, -0.15) is 10.5 Å². The van der Waals surface area contributed by atoms with Gasteiger partial charge in [0.05, 0.1) is 11.1 Å². The molecule has 3 heteroatoms. The van der Waals surface area contributed by atoms with Crippen molar-refractivity contribution in [3.8, 4) is 17.9 Å². The second-order valence-electron chi connectivity index (χ2n) is 4.85. The number of hydrogen-bond donors (Lipinski definition) is 0. The molecular formula is C17H12N2O. The molecule has 0 aromatic heterocycles. The highest BCUT2D eigenvalue weighted by Gasteiger charge is 2.22. The highest BCUT2D eigenvalue weighted by molar-refractivity contribution is 5.49. The summed E-state index contributed by atoms with van der Waals surface area (Å²) in [5.74, 6) is 0.651. The van der Waals surface area contributed by atoms with Crippen molar-refractivity contribution in [3.05, 3.63) is 64.7 Å². The molecule has 96 valence electrons. The molecule has 0 heterocycles. The van der Waals surface area contributed by atoms with Crippen LogP contribution in [0.25, 0.3) is 0 Å². The number of rotatable bonds is 2. The van der Waals surface area contributed by atoms with Crippen molar-refractivity contribution >= 4 is 0 Å². The highest BCUT2D eigenvalue weighted by Crippen LogP contribution is 2.26. The zero-order valence-electron chi connectivity index (χ0n) is 10.8. The largest absolute Gasteiger partial charge is 0.490 e. The summed E-state index contributed by atoms with van der Waals surface area (Å²) in [5, 5.41) is 17.9. The Balaban J connectivity index is 1.78. The number of nitrogens with zero attached hydrogens (tertiary/aromatic N) is 2. The van der Waals surface area contributed by atoms with Gasteiger partial charge in [-0.25, -0.2) is 0 Å². The average Bonchev–Trinajstić information content (AvgIpc) is 2.89. The van der Waals surface area contributed by atoms with Crippen LogP contribution in [-0.4, -0.2) is 6.10 Å². The highest BCUT2D eigenvalue weighted by atomic mass is 16.5. The van der Waals surface area contributed by atoms with E-state index in [1.807, 2.05) is 24.3 Å². The van der Waals surface area contributed by atoms with E-state index >= 15 is 0 Å². The third kappa shape index (κ3) is 2.22. The maximum Gasteiger partial charge on any atom is 0.121 e. The van der Waals surface area contributed by atoms with E-state index in [1.165, 1.54) is 11.1 Å². The van der Waals surface area contributed by atoms with Gasteiger partial charge >= 0.3 is 0 Å². The summed E-state index contributed by atoms with van der Waals surface area (Å²) in [7, 11) is 0. The fourth-order valence-corrected chi connectivity index (χ4v) is 2.58. The summed E-state index contributed by atoms with van der Waals surface area (Å²) in [5.41, 5.74) is 3.40. The van der Waals surface area contributed by atoms with Crippen molar-refractivity contribution in [3.63, 3.8) is 0 Å². The van der Waals surface area contributed by atoms with Crippen LogP contribution >= 0.6 is 0 Å². The van der Waals surface area contributed by atoms with E-state index in [-0.39, 0.29) is 6.10 Å². The maximum atomic E-state index is 9.02. The number of benzene rings is 2. The van der Waals surface area contributed by atoms with Gasteiger partial charge in [0.2, 0.25) is 0 Å². The first-order chi connectivity index (χ1) is 9.80. The van der Waals surface area contributed by atoms with Crippen LogP contribution in [0, 0.1) is 22.7 Å². The average molecular weight is 260 g/mol. The van der Waals surface area contributed by atoms with Crippen molar-refractivity contribution in [2.45, 2.75) is 18.9 Å². The smallest absolute Gasteiger partial charge is 0.121 e. The van der Waals surface area contributed by atoms with Gasteiger partial charge in [0, 0.05) is 12.8 Å². The van der Waals surface area contributed by atoms with E-state index in [2.05, 4.69) is 12.1 Å². The van der Waals surface area contributed by atoms with E-state index in [1.54, 1.807) is 18.2 Å². The Morgan fingerprint density at radius 2 is 1.55 bits per heavy atom. The SMILES string of the molecule is N#Cc1ccc(OC2Cc3ccccc3C2)cc1C#N. The first kappa shape index (κ1) is 12.3. The molecule has 0 unspecified atom stereocenters. The molecule has 0 saturated heterocycles. The summed E-state index contributed by atoms with van der Waals surface area (Å²) < 4.78 is 5.94. The summed E-state index contributed by atoms with van der Waals surface area (Å²) in [6, 6.07) is 17.4. The van der Waals surface area contributed by atoms with Gasteiger partial charge in [0.15, 0.2) is 0 Å². The molecule has 20 heavy (non-hydrogen) atoms. The normalized spacial score (nSPS) is 13.3. The number of nitriles is 2. The minimum Gasteiger partial charge on any atom is -0.490 e. The van der Waals surface area contributed by atoms with E-state index in [0.29, 0.717) is 16.9 Å². The van der Waals surface area contributed by atoms with Crippen molar-refractivity contribution in [2.24, 2.45) is 0 Å². The molecule has 3 nitrogen and oxygen atoms in total. The number of hydrogen-bond acceptors (Lipinski definition) is 3. The van der Waals surface area contributed by atoms with Gasteiger partial charge in [0.1, 0.15) is 24.0 Å². The van der Waals surface area contributed by atoms with E-state index in [4.69, 9.17) is 15.3 Å². The van der Waals surface area contributed by atoms with Gasteiger partial charge in [0.25, 0.3) is 0 Å². The fraction of sp³-hybridized carbons (Fsp3) is 0.176. The predicted molar refractivity (Wildman–Crippen MR) is 74.1 cm³/mol. The molecular weight excluding hydrogens is 248 g/mol. The number of ether oxygens (including phenoxy) is 1. The van der Waals surface area contributed by atoms with Gasteiger partial charge in [-0.05, 0) is 29.3 Å². The van der Waals surface area contributed by atoms with Crippen molar-refractivity contribution < 1.29 is 4.74 Å². The van der Waals surface area contributed by atoms with Gasteiger partial charge in [-0.3, -0.25) is 0 Å². The van der Waals surface area contributed by atoms with Crippen LogP contribution in [0.1, 0.15) is 22.3 Å². The van der Waals surface area contributed by atoms with Crippen LogP contribution in [0.4, 0.5) is 0 Å². The summed E-state index contributed by atoms with van der Waals surface area (Å²) in [6.07, 6.45) is 1.88. The molecule has 1 aliphatic carbocycles. The molecule has 0 aliphatic heterocycles. The molecule has 0 radical (unpaired) electrons. The molecule has 0 fully saturated rings. The van der Waals surface area contributed by atoms with Crippen molar-refractivity contribution in [1.82, 2.24) is 0 Å². The second-order valence-corrected chi connectivity index (χ2v) is 4.85. The predicted octanol–water partition coefficient (Wildman–Crippen LogP) is 2.98. The summed E-state index contributed by atoms with van der Waals surface area (Å²) in [6.45, 7) is 0. The van der Waals surface area contributed by atoms with Gasteiger partial charge in [-0.15, -0.1) is 0 Å². The Morgan fingerprint density at radius 3 is 2.15 bits per heavy atom. The zero-order chi connectivity index (χ0) is 13.9. The molecule has 2 aromatic rings. The lowest BCUT2D eigenvalue weighted by molar-refractivity contribution is 0.214. The lowest BCUT2D eigenvalue weighted by atomic mass is 10.1. The minimum absolute atomic E-state index is 0.104. The Labute approximate surface area is 117 Å². The lowest BCUT2D eigenvalue weighted by Gasteiger charge is -2.13. The lowest BCUT2D eigenvalue weighted by Crippen LogP contribution is -2.16. The standard InChI is InChI=1S/C17H12N2O/c18-10-14-5-6-16(9-15(14)11-19)20-17-7-12-3-1-2-4-13(12)8-17/h1-6,9,17H,7-8H2. The Bertz CT molecular complexity index is 712. The monoisotopic (exact) mass is 260 g/mol. The molecule has 0 spiro atoms. The molecule has 0 saturated carbocycles. The number of fused-ring (bicyclic) bond motifs is 1. The maximum absolute atomic E-state index is 9.02. The van der Waals surface area contributed by atoms with E-state index in [0.717, 1.165) is 12.8 Å². The molecule has 0 N–H and O–H groups in total. The summed E-state index contributed by atoms with van der Waals surface area (Å²) in [4.78, 5) is 0. The van der Waals surface area contributed by atoms with Crippen LogP contribution in [-0.2, 0) is 12.8 Å².